The lowest BCUT2D eigenvalue weighted by Crippen LogP contribution is -2.51. The molecular formula is C12H17N3O2S. The molecule has 1 aromatic heterocycles. The summed E-state index contributed by atoms with van der Waals surface area (Å²) in [6.45, 7) is 3.18. The smallest absolute Gasteiger partial charge is 0.244 e. The molecule has 2 aliphatic rings. The highest BCUT2D eigenvalue weighted by molar-refractivity contribution is 7.89. The van der Waals surface area contributed by atoms with Crippen LogP contribution in [0.3, 0.4) is 0 Å². The summed E-state index contributed by atoms with van der Waals surface area (Å²) in [5.74, 6) is 0. The molecule has 0 aliphatic carbocycles. The number of hydrogen-bond acceptors (Lipinski definition) is 4. The van der Waals surface area contributed by atoms with E-state index >= 15 is 0 Å². The van der Waals surface area contributed by atoms with Crippen LogP contribution in [0.15, 0.2) is 29.4 Å². The van der Waals surface area contributed by atoms with Crippen LogP contribution in [0, 0.1) is 0 Å². The standard InChI is InChI=1S/C12H17N3O2S/c16-18(17,12-4-1-5-13-9-12)15-8-7-14-6-2-3-11(14)10-15/h1,4-5,9,11H,2-3,6-8,10H2/t11-/m1/s1. The summed E-state index contributed by atoms with van der Waals surface area (Å²) in [7, 11) is -3.36. The van der Waals surface area contributed by atoms with Gasteiger partial charge in [0.1, 0.15) is 4.90 Å². The van der Waals surface area contributed by atoms with Crippen molar-refractivity contribution in [1.82, 2.24) is 14.2 Å². The van der Waals surface area contributed by atoms with Crippen molar-refractivity contribution >= 4 is 10.0 Å². The zero-order valence-electron chi connectivity index (χ0n) is 10.2. The second-order valence-electron chi connectivity index (χ2n) is 4.88. The van der Waals surface area contributed by atoms with Gasteiger partial charge < -0.3 is 0 Å². The molecule has 5 nitrogen and oxygen atoms in total. The summed E-state index contributed by atoms with van der Waals surface area (Å²) in [6, 6.07) is 3.69. The van der Waals surface area contributed by atoms with E-state index in [1.807, 2.05) is 0 Å². The first-order valence-corrected chi connectivity index (χ1v) is 7.76. The number of piperazine rings is 1. The van der Waals surface area contributed by atoms with Crippen LogP contribution in [0.1, 0.15) is 12.8 Å². The van der Waals surface area contributed by atoms with E-state index in [2.05, 4.69) is 9.88 Å². The zero-order chi connectivity index (χ0) is 12.6. The summed E-state index contributed by atoms with van der Waals surface area (Å²) >= 11 is 0. The molecule has 2 aliphatic heterocycles. The van der Waals surface area contributed by atoms with Crippen LogP contribution in [0.2, 0.25) is 0 Å². The second kappa shape index (κ2) is 4.60. The first-order valence-electron chi connectivity index (χ1n) is 6.32. The lowest BCUT2D eigenvalue weighted by atomic mass is 10.2. The minimum Gasteiger partial charge on any atom is -0.298 e. The third kappa shape index (κ3) is 2.04. The maximum absolute atomic E-state index is 12.4. The van der Waals surface area contributed by atoms with Gasteiger partial charge in [-0.05, 0) is 31.5 Å². The van der Waals surface area contributed by atoms with Crippen LogP contribution in [0.5, 0.6) is 0 Å². The molecule has 0 unspecified atom stereocenters. The molecule has 0 N–H and O–H groups in total. The Kier molecular flexibility index (Phi) is 3.09. The van der Waals surface area contributed by atoms with Gasteiger partial charge in [0, 0.05) is 38.1 Å². The quantitative estimate of drug-likeness (QED) is 0.785. The van der Waals surface area contributed by atoms with Crippen LogP contribution in [-0.4, -0.2) is 54.8 Å². The van der Waals surface area contributed by atoms with E-state index < -0.39 is 10.0 Å². The lowest BCUT2D eigenvalue weighted by molar-refractivity contribution is 0.158. The Hall–Kier alpha value is -0.980. The van der Waals surface area contributed by atoms with Gasteiger partial charge in [0.2, 0.25) is 10.0 Å². The number of sulfonamides is 1. The highest BCUT2D eigenvalue weighted by Crippen LogP contribution is 2.25. The van der Waals surface area contributed by atoms with Gasteiger partial charge in [-0.2, -0.15) is 4.31 Å². The summed E-state index contributed by atoms with van der Waals surface area (Å²) in [6.07, 6.45) is 5.31. The van der Waals surface area contributed by atoms with Crippen molar-refractivity contribution in [2.24, 2.45) is 0 Å². The van der Waals surface area contributed by atoms with E-state index in [0.717, 1.165) is 19.5 Å². The monoisotopic (exact) mass is 267 g/mol. The van der Waals surface area contributed by atoms with Gasteiger partial charge in [-0.15, -0.1) is 0 Å². The fourth-order valence-electron chi connectivity index (χ4n) is 2.83. The van der Waals surface area contributed by atoms with Gasteiger partial charge in [-0.25, -0.2) is 8.42 Å². The van der Waals surface area contributed by atoms with Crippen molar-refractivity contribution in [3.63, 3.8) is 0 Å². The van der Waals surface area contributed by atoms with Crippen LogP contribution in [-0.2, 0) is 10.0 Å². The SMILES string of the molecule is O=S(=O)(c1cccnc1)N1CCN2CCC[C@@H]2C1. The van der Waals surface area contributed by atoms with Crippen LogP contribution < -0.4 is 0 Å². The molecule has 0 saturated carbocycles. The van der Waals surface area contributed by atoms with Gasteiger partial charge in [-0.3, -0.25) is 9.88 Å². The summed E-state index contributed by atoms with van der Waals surface area (Å²) in [5, 5.41) is 0. The molecular weight excluding hydrogens is 250 g/mol. The van der Waals surface area contributed by atoms with Crippen molar-refractivity contribution in [2.75, 3.05) is 26.2 Å². The molecule has 0 radical (unpaired) electrons. The Labute approximate surface area is 107 Å². The molecule has 0 bridgehead atoms. The Morgan fingerprint density at radius 1 is 1.28 bits per heavy atom. The normalized spacial score (nSPS) is 26.1. The van der Waals surface area contributed by atoms with Crippen LogP contribution >= 0.6 is 0 Å². The summed E-state index contributed by atoms with van der Waals surface area (Å²) in [5.41, 5.74) is 0. The molecule has 6 heteroatoms. The zero-order valence-corrected chi connectivity index (χ0v) is 11.0. The maximum atomic E-state index is 12.4. The molecule has 0 amide bonds. The Bertz CT molecular complexity index is 517. The fraction of sp³-hybridized carbons (Fsp3) is 0.583. The van der Waals surface area contributed by atoms with Gasteiger partial charge in [-0.1, -0.05) is 0 Å². The first kappa shape index (κ1) is 12.1. The molecule has 2 saturated heterocycles. The molecule has 98 valence electrons. The molecule has 0 spiro atoms. The van der Waals surface area contributed by atoms with Gasteiger partial charge >= 0.3 is 0 Å². The molecule has 1 aromatic rings. The van der Waals surface area contributed by atoms with Crippen LogP contribution in [0.4, 0.5) is 0 Å². The summed E-state index contributed by atoms with van der Waals surface area (Å²) in [4.78, 5) is 6.60. The minimum absolute atomic E-state index is 0.302. The van der Waals surface area contributed by atoms with Crippen molar-refractivity contribution in [1.29, 1.82) is 0 Å². The van der Waals surface area contributed by atoms with E-state index in [4.69, 9.17) is 0 Å². The third-order valence-corrected chi connectivity index (χ3v) is 5.67. The highest BCUT2D eigenvalue weighted by Gasteiger charge is 2.36. The van der Waals surface area contributed by atoms with Crippen molar-refractivity contribution in [3.8, 4) is 0 Å². The lowest BCUT2D eigenvalue weighted by Gasteiger charge is -2.36. The van der Waals surface area contributed by atoms with Gasteiger partial charge in [0.15, 0.2) is 0 Å². The number of rotatable bonds is 2. The topological polar surface area (TPSA) is 53.5 Å². The van der Waals surface area contributed by atoms with E-state index in [0.29, 0.717) is 24.0 Å². The minimum atomic E-state index is -3.36. The first-order chi connectivity index (χ1) is 8.68. The number of pyridine rings is 1. The van der Waals surface area contributed by atoms with E-state index in [-0.39, 0.29) is 0 Å². The predicted molar refractivity (Wildman–Crippen MR) is 67.6 cm³/mol. The Morgan fingerprint density at radius 2 is 2.17 bits per heavy atom. The number of nitrogens with zero attached hydrogens (tertiary/aromatic N) is 3. The molecule has 0 aromatic carbocycles. The maximum Gasteiger partial charge on any atom is 0.244 e. The third-order valence-electron chi connectivity index (χ3n) is 3.82. The second-order valence-corrected chi connectivity index (χ2v) is 6.82. The largest absolute Gasteiger partial charge is 0.298 e. The van der Waals surface area contributed by atoms with Gasteiger partial charge in [0.05, 0.1) is 0 Å². The average molecular weight is 267 g/mol. The molecule has 18 heavy (non-hydrogen) atoms. The number of aromatic nitrogens is 1. The highest BCUT2D eigenvalue weighted by atomic mass is 32.2. The number of hydrogen-bond donors (Lipinski definition) is 0. The van der Waals surface area contributed by atoms with Crippen LogP contribution in [0.25, 0.3) is 0 Å². The van der Waals surface area contributed by atoms with Crippen molar-refractivity contribution in [3.05, 3.63) is 24.5 Å². The van der Waals surface area contributed by atoms with E-state index in [1.165, 1.54) is 12.6 Å². The molecule has 3 heterocycles. The summed E-state index contributed by atoms with van der Waals surface area (Å²) < 4.78 is 26.5. The fourth-order valence-corrected chi connectivity index (χ4v) is 4.26. The van der Waals surface area contributed by atoms with Gasteiger partial charge in [0.25, 0.3) is 0 Å². The van der Waals surface area contributed by atoms with Crippen molar-refractivity contribution < 1.29 is 8.42 Å². The van der Waals surface area contributed by atoms with Crippen molar-refractivity contribution in [2.45, 2.75) is 23.8 Å². The average Bonchev–Trinajstić information content (AvgIpc) is 2.87. The number of fused-ring (bicyclic) bond motifs is 1. The van der Waals surface area contributed by atoms with E-state index in [9.17, 15) is 8.42 Å². The predicted octanol–water partition coefficient (Wildman–Crippen LogP) is 0.550. The Balaban J connectivity index is 1.82. The molecule has 2 fully saturated rings. The molecule has 1 atom stereocenters. The Morgan fingerprint density at radius 3 is 2.94 bits per heavy atom. The molecule has 3 rings (SSSR count). The van der Waals surface area contributed by atoms with E-state index in [1.54, 1.807) is 22.6 Å².